The summed E-state index contributed by atoms with van der Waals surface area (Å²) < 4.78 is 10.9. The average Bonchev–Trinajstić information content (AvgIpc) is 3.18. The largest absolute Gasteiger partial charge is 0.461 e. The van der Waals surface area contributed by atoms with Crippen molar-refractivity contribution in [1.82, 2.24) is 10.2 Å². The summed E-state index contributed by atoms with van der Waals surface area (Å²) in [6.07, 6.45) is 2.42. The molecule has 0 aromatic heterocycles. The fraction of sp³-hybridized carbons (Fsp3) is 0.579. The molecule has 2 N–H and O–H groups in total. The van der Waals surface area contributed by atoms with Crippen molar-refractivity contribution in [2.24, 2.45) is 0 Å². The second-order valence-electron chi connectivity index (χ2n) is 6.21. The predicted octanol–water partition coefficient (Wildman–Crippen LogP) is 2.65. The van der Waals surface area contributed by atoms with E-state index in [1.54, 1.807) is 12.1 Å². The summed E-state index contributed by atoms with van der Waals surface area (Å²) in [5.74, 6) is -0.303. The number of likely N-dealkylation sites (N-methyl/N-ethyl adjacent to an activating group) is 1. The van der Waals surface area contributed by atoms with E-state index in [4.69, 9.17) is 21.7 Å². The van der Waals surface area contributed by atoms with Crippen molar-refractivity contribution in [3.05, 3.63) is 29.8 Å². The van der Waals surface area contributed by atoms with E-state index in [0.717, 1.165) is 44.8 Å². The summed E-state index contributed by atoms with van der Waals surface area (Å²) in [5.41, 5.74) is 1.36. The van der Waals surface area contributed by atoms with Gasteiger partial charge in [-0.2, -0.15) is 0 Å². The Balaban J connectivity index is 1.72. The van der Waals surface area contributed by atoms with Crippen LogP contribution in [0.1, 0.15) is 37.0 Å². The summed E-state index contributed by atoms with van der Waals surface area (Å²) in [5, 5.41) is 6.82. The van der Waals surface area contributed by atoms with Crippen molar-refractivity contribution < 1.29 is 14.3 Å². The van der Waals surface area contributed by atoms with Gasteiger partial charge in [0.15, 0.2) is 5.11 Å². The topological polar surface area (TPSA) is 62.8 Å². The minimum absolute atomic E-state index is 0.239. The summed E-state index contributed by atoms with van der Waals surface area (Å²) in [6, 6.07) is 7.12. The summed E-state index contributed by atoms with van der Waals surface area (Å²) in [7, 11) is 0. The highest BCUT2D eigenvalue weighted by atomic mass is 32.1. The number of anilines is 1. The fourth-order valence-corrected chi connectivity index (χ4v) is 2.97. The third-order valence-electron chi connectivity index (χ3n) is 4.43. The van der Waals surface area contributed by atoms with Crippen LogP contribution in [-0.4, -0.2) is 61.5 Å². The number of nitrogens with one attached hydrogen (secondary N) is 2. The molecule has 1 aliphatic heterocycles. The van der Waals surface area contributed by atoms with Crippen LogP contribution in [0.15, 0.2) is 24.3 Å². The van der Waals surface area contributed by atoms with E-state index in [1.165, 1.54) is 0 Å². The molecule has 7 heteroatoms. The van der Waals surface area contributed by atoms with Crippen molar-refractivity contribution in [3.8, 4) is 0 Å². The van der Waals surface area contributed by atoms with Crippen LogP contribution in [0.3, 0.4) is 0 Å². The van der Waals surface area contributed by atoms with Crippen LogP contribution in [-0.2, 0) is 9.47 Å². The first kappa shape index (κ1) is 20.6. The molecule has 0 aliphatic carbocycles. The highest BCUT2D eigenvalue weighted by Crippen LogP contribution is 2.12. The quantitative estimate of drug-likeness (QED) is 0.505. The van der Waals surface area contributed by atoms with Gasteiger partial charge in [-0.25, -0.2) is 4.79 Å². The third-order valence-corrected chi connectivity index (χ3v) is 4.67. The van der Waals surface area contributed by atoms with Gasteiger partial charge in [-0.05, 0) is 62.4 Å². The zero-order chi connectivity index (χ0) is 18.8. The number of carbonyl (C=O) groups excluding carboxylic acids is 1. The van der Waals surface area contributed by atoms with Gasteiger partial charge in [0.25, 0.3) is 0 Å². The van der Waals surface area contributed by atoms with Gasteiger partial charge in [-0.15, -0.1) is 0 Å². The van der Waals surface area contributed by atoms with Gasteiger partial charge >= 0.3 is 5.97 Å². The lowest BCUT2D eigenvalue weighted by molar-refractivity contribution is 0.0466. The van der Waals surface area contributed by atoms with Crippen LogP contribution in [0.4, 0.5) is 5.69 Å². The average molecular weight is 380 g/mol. The van der Waals surface area contributed by atoms with Gasteiger partial charge in [0.1, 0.15) is 6.61 Å². The van der Waals surface area contributed by atoms with E-state index in [1.807, 2.05) is 12.1 Å². The Bertz CT molecular complexity index is 570. The summed E-state index contributed by atoms with van der Waals surface area (Å²) in [4.78, 5) is 14.3. The van der Waals surface area contributed by atoms with E-state index < -0.39 is 0 Å². The minimum atomic E-state index is -0.303. The molecular formula is C19H29N3O3S. The van der Waals surface area contributed by atoms with Crippen LogP contribution in [0, 0.1) is 0 Å². The molecule has 0 saturated carbocycles. The van der Waals surface area contributed by atoms with Gasteiger partial charge in [-0.3, -0.25) is 0 Å². The highest BCUT2D eigenvalue weighted by molar-refractivity contribution is 7.80. The normalized spacial score (nSPS) is 16.5. The van der Waals surface area contributed by atoms with E-state index in [-0.39, 0.29) is 12.1 Å². The Morgan fingerprint density at radius 2 is 2.04 bits per heavy atom. The number of benzene rings is 1. The molecule has 0 unspecified atom stereocenters. The molecule has 0 radical (unpaired) electrons. The summed E-state index contributed by atoms with van der Waals surface area (Å²) >= 11 is 5.29. The smallest absolute Gasteiger partial charge is 0.338 e. The molecule has 1 fully saturated rings. The Labute approximate surface area is 161 Å². The van der Waals surface area contributed by atoms with Crippen molar-refractivity contribution in [1.29, 1.82) is 0 Å². The molecule has 0 amide bonds. The van der Waals surface area contributed by atoms with Crippen LogP contribution < -0.4 is 10.6 Å². The SMILES string of the molecule is CCN(CC)CCOC(=O)c1ccc(NC(=S)NC[C@H]2CCCO2)cc1. The number of thiocarbonyl (C=S) groups is 1. The molecule has 1 aromatic carbocycles. The number of carbonyl (C=O) groups is 1. The molecule has 1 aliphatic rings. The Morgan fingerprint density at radius 1 is 1.31 bits per heavy atom. The van der Waals surface area contributed by atoms with Crippen LogP contribution in [0.25, 0.3) is 0 Å². The van der Waals surface area contributed by atoms with Gasteiger partial charge in [0.2, 0.25) is 0 Å². The Hall–Kier alpha value is -1.70. The van der Waals surface area contributed by atoms with Gasteiger partial charge < -0.3 is 25.0 Å². The second-order valence-corrected chi connectivity index (χ2v) is 6.62. The molecule has 1 atom stereocenters. The maximum atomic E-state index is 12.1. The predicted molar refractivity (Wildman–Crippen MR) is 108 cm³/mol. The number of hydrogen-bond acceptors (Lipinski definition) is 5. The molecule has 144 valence electrons. The molecule has 0 bridgehead atoms. The highest BCUT2D eigenvalue weighted by Gasteiger charge is 2.15. The molecule has 1 heterocycles. The lowest BCUT2D eigenvalue weighted by Gasteiger charge is -2.17. The molecule has 1 saturated heterocycles. The molecule has 2 rings (SSSR count). The van der Waals surface area contributed by atoms with Crippen molar-refractivity contribution >= 4 is 29.0 Å². The van der Waals surface area contributed by atoms with E-state index in [2.05, 4.69) is 29.4 Å². The zero-order valence-corrected chi connectivity index (χ0v) is 16.4. The van der Waals surface area contributed by atoms with E-state index >= 15 is 0 Å². The van der Waals surface area contributed by atoms with Gasteiger partial charge in [-0.1, -0.05) is 13.8 Å². The Morgan fingerprint density at radius 3 is 2.65 bits per heavy atom. The number of rotatable bonds is 9. The zero-order valence-electron chi connectivity index (χ0n) is 15.6. The van der Waals surface area contributed by atoms with Gasteiger partial charge in [0.05, 0.1) is 11.7 Å². The first-order chi connectivity index (χ1) is 12.6. The lowest BCUT2D eigenvalue weighted by atomic mass is 10.2. The molecule has 0 spiro atoms. The minimum Gasteiger partial charge on any atom is -0.461 e. The molecule has 1 aromatic rings. The molecule has 6 nitrogen and oxygen atoms in total. The van der Waals surface area contributed by atoms with Crippen LogP contribution in [0.2, 0.25) is 0 Å². The van der Waals surface area contributed by atoms with Crippen LogP contribution >= 0.6 is 12.2 Å². The lowest BCUT2D eigenvalue weighted by Crippen LogP contribution is -2.34. The third kappa shape index (κ3) is 6.90. The number of esters is 1. The first-order valence-electron chi connectivity index (χ1n) is 9.28. The fourth-order valence-electron chi connectivity index (χ4n) is 2.77. The Kier molecular flexibility index (Phi) is 8.80. The second kappa shape index (κ2) is 11.1. The number of ether oxygens (including phenoxy) is 2. The maximum absolute atomic E-state index is 12.1. The van der Waals surface area contributed by atoms with Crippen molar-refractivity contribution in [2.45, 2.75) is 32.8 Å². The maximum Gasteiger partial charge on any atom is 0.338 e. The van der Waals surface area contributed by atoms with E-state index in [9.17, 15) is 4.79 Å². The standard InChI is InChI=1S/C19H29N3O3S/c1-3-22(4-2)11-13-25-18(23)15-7-9-16(10-8-15)21-19(26)20-14-17-6-5-12-24-17/h7-10,17H,3-6,11-14H2,1-2H3,(H2,20,21,26)/t17-/m1/s1. The number of hydrogen-bond donors (Lipinski definition) is 2. The molecule has 26 heavy (non-hydrogen) atoms. The van der Waals surface area contributed by atoms with Gasteiger partial charge in [0, 0.05) is 25.4 Å². The van der Waals surface area contributed by atoms with Crippen molar-refractivity contribution in [2.75, 3.05) is 44.7 Å². The van der Waals surface area contributed by atoms with Crippen molar-refractivity contribution in [3.63, 3.8) is 0 Å². The van der Waals surface area contributed by atoms with Crippen LogP contribution in [0.5, 0.6) is 0 Å². The first-order valence-corrected chi connectivity index (χ1v) is 9.69. The monoisotopic (exact) mass is 379 g/mol. The summed E-state index contributed by atoms with van der Waals surface area (Å²) in [6.45, 7) is 8.79. The number of nitrogens with zero attached hydrogens (tertiary/aromatic N) is 1. The molecular weight excluding hydrogens is 350 g/mol. The van der Waals surface area contributed by atoms with E-state index in [0.29, 0.717) is 23.8 Å².